The van der Waals surface area contributed by atoms with Gasteiger partial charge in [-0.05, 0) is 19.3 Å². The van der Waals surface area contributed by atoms with E-state index in [1.165, 1.54) is 64.2 Å². The molecule has 0 bridgehead atoms. The minimum atomic E-state index is -0.259. The Kier molecular flexibility index (Phi) is 17.1. The third-order valence-electron chi connectivity index (χ3n) is 4.78. The standard InChI is InChI=1S/C22H44N2O/c1-4-7-10-12-14-16-19-24(20-17-15-13-11-8-5-2)21(22(23)25)18-9-6-3/h18H,4-17,19-20H2,1-3H3,(H2,23,25)/b21-18+. The van der Waals surface area contributed by atoms with Gasteiger partial charge >= 0.3 is 0 Å². The molecule has 0 radical (unpaired) electrons. The Bertz CT molecular complexity index is 323. The van der Waals surface area contributed by atoms with E-state index in [1.807, 2.05) is 0 Å². The molecule has 0 saturated carbocycles. The van der Waals surface area contributed by atoms with Gasteiger partial charge in [0.1, 0.15) is 0 Å². The second-order valence-corrected chi connectivity index (χ2v) is 7.26. The maximum atomic E-state index is 11.9. The highest BCUT2D eigenvalue weighted by molar-refractivity contribution is 5.91. The molecule has 0 aromatic rings. The number of hydrogen-bond donors (Lipinski definition) is 1. The SMILES string of the molecule is CCC/C=C(\C(N)=O)N(CCCCCCCC)CCCCCCCC. The monoisotopic (exact) mass is 352 g/mol. The van der Waals surface area contributed by atoms with Crippen molar-refractivity contribution in [2.75, 3.05) is 13.1 Å². The van der Waals surface area contributed by atoms with E-state index < -0.39 is 0 Å². The number of nitrogens with two attached hydrogens (primary N) is 1. The number of primary amides is 1. The van der Waals surface area contributed by atoms with Gasteiger partial charge < -0.3 is 10.6 Å². The highest BCUT2D eigenvalue weighted by Gasteiger charge is 2.14. The van der Waals surface area contributed by atoms with E-state index >= 15 is 0 Å². The third-order valence-corrected chi connectivity index (χ3v) is 4.78. The minimum Gasteiger partial charge on any atom is -0.367 e. The molecule has 0 aliphatic heterocycles. The lowest BCUT2D eigenvalue weighted by Gasteiger charge is -2.26. The van der Waals surface area contributed by atoms with Gasteiger partial charge in [-0.25, -0.2) is 0 Å². The number of carbonyl (C=O) groups excluding carboxylic acids is 1. The van der Waals surface area contributed by atoms with Crippen molar-refractivity contribution < 1.29 is 4.79 Å². The van der Waals surface area contributed by atoms with Crippen molar-refractivity contribution in [3.63, 3.8) is 0 Å². The molecule has 0 rings (SSSR count). The molecule has 3 nitrogen and oxygen atoms in total. The van der Waals surface area contributed by atoms with E-state index in [2.05, 4.69) is 31.7 Å². The summed E-state index contributed by atoms with van der Waals surface area (Å²) in [6.45, 7) is 8.58. The largest absolute Gasteiger partial charge is 0.367 e. The molecular formula is C22H44N2O. The van der Waals surface area contributed by atoms with Crippen LogP contribution in [0.3, 0.4) is 0 Å². The van der Waals surface area contributed by atoms with Crippen LogP contribution in [-0.4, -0.2) is 23.9 Å². The van der Waals surface area contributed by atoms with Crippen LogP contribution in [0.15, 0.2) is 11.8 Å². The van der Waals surface area contributed by atoms with Crippen LogP contribution in [0, 0.1) is 0 Å². The van der Waals surface area contributed by atoms with Crippen molar-refractivity contribution in [2.45, 2.75) is 111 Å². The topological polar surface area (TPSA) is 46.3 Å². The van der Waals surface area contributed by atoms with Crippen molar-refractivity contribution in [1.29, 1.82) is 0 Å². The normalized spacial score (nSPS) is 11.7. The summed E-state index contributed by atoms with van der Waals surface area (Å²) in [5.41, 5.74) is 6.42. The van der Waals surface area contributed by atoms with E-state index in [0.29, 0.717) is 0 Å². The van der Waals surface area contributed by atoms with E-state index in [1.54, 1.807) is 0 Å². The zero-order chi connectivity index (χ0) is 18.8. The van der Waals surface area contributed by atoms with Crippen LogP contribution in [0.2, 0.25) is 0 Å². The summed E-state index contributed by atoms with van der Waals surface area (Å²) < 4.78 is 0. The number of rotatable bonds is 18. The maximum Gasteiger partial charge on any atom is 0.264 e. The minimum absolute atomic E-state index is 0.259. The Balaban J connectivity index is 4.40. The number of allylic oxidation sites excluding steroid dienone is 1. The van der Waals surface area contributed by atoms with Crippen molar-refractivity contribution in [3.05, 3.63) is 11.8 Å². The first-order valence-corrected chi connectivity index (χ1v) is 10.9. The second kappa shape index (κ2) is 17.8. The molecule has 0 saturated heterocycles. The van der Waals surface area contributed by atoms with Crippen molar-refractivity contribution in [2.24, 2.45) is 5.73 Å². The van der Waals surface area contributed by atoms with Crippen LogP contribution in [0.5, 0.6) is 0 Å². The maximum absolute atomic E-state index is 11.9. The Morgan fingerprint density at radius 1 is 0.720 bits per heavy atom. The number of nitrogens with zero attached hydrogens (tertiary/aromatic N) is 1. The van der Waals surface area contributed by atoms with Gasteiger partial charge in [0.25, 0.3) is 5.91 Å². The first kappa shape index (κ1) is 24.0. The molecule has 0 unspecified atom stereocenters. The number of unbranched alkanes of at least 4 members (excludes halogenated alkanes) is 11. The van der Waals surface area contributed by atoms with Crippen LogP contribution in [0.25, 0.3) is 0 Å². The second-order valence-electron chi connectivity index (χ2n) is 7.26. The first-order chi connectivity index (χ1) is 12.2. The lowest BCUT2D eigenvalue weighted by molar-refractivity contribution is -0.116. The molecule has 25 heavy (non-hydrogen) atoms. The Hall–Kier alpha value is -0.990. The molecule has 0 heterocycles. The molecule has 0 atom stereocenters. The molecule has 0 fully saturated rings. The van der Waals surface area contributed by atoms with Gasteiger partial charge in [-0.2, -0.15) is 0 Å². The highest BCUT2D eigenvalue weighted by atomic mass is 16.1. The molecule has 0 aliphatic rings. The van der Waals surface area contributed by atoms with Gasteiger partial charge in [-0.15, -0.1) is 0 Å². The van der Waals surface area contributed by atoms with E-state index in [9.17, 15) is 4.79 Å². The van der Waals surface area contributed by atoms with Crippen molar-refractivity contribution >= 4 is 5.91 Å². The molecule has 2 N–H and O–H groups in total. The quantitative estimate of drug-likeness (QED) is 0.236. The predicted molar refractivity (Wildman–Crippen MR) is 111 cm³/mol. The lowest BCUT2D eigenvalue weighted by Crippen LogP contribution is -2.33. The first-order valence-electron chi connectivity index (χ1n) is 10.9. The molecule has 0 aliphatic carbocycles. The van der Waals surface area contributed by atoms with Crippen LogP contribution in [0.4, 0.5) is 0 Å². The van der Waals surface area contributed by atoms with Gasteiger partial charge in [0.05, 0.1) is 5.70 Å². The number of hydrogen-bond acceptors (Lipinski definition) is 2. The molecular weight excluding hydrogens is 308 g/mol. The summed E-state index contributed by atoms with van der Waals surface area (Å²) in [5.74, 6) is -0.259. The van der Waals surface area contributed by atoms with Crippen LogP contribution in [-0.2, 0) is 4.79 Å². The van der Waals surface area contributed by atoms with Crippen LogP contribution in [0.1, 0.15) is 111 Å². The fraction of sp³-hybridized carbons (Fsp3) is 0.864. The molecule has 0 aromatic heterocycles. The van der Waals surface area contributed by atoms with Gasteiger partial charge in [0.15, 0.2) is 0 Å². The molecule has 148 valence electrons. The predicted octanol–water partition coefficient (Wildman–Crippen LogP) is 6.18. The molecule has 3 heteroatoms. The average molecular weight is 353 g/mol. The van der Waals surface area contributed by atoms with Crippen molar-refractivity contribution in [3.8, 4) is 0 Å². The third kappa shape index (κ3) is 13.9. The van der Waals surface area contributed by atoms with Gasteiger partial charge in [0.2, 0.25) is 0 Å². The summed E-state index contributed by atoms with van der Waals surface area (Å²) >= 11 is 0. The molecule has 0 aromatic carbocycles. The lowest BCUT2D eigenvalue weighted by atomic mass is 10.1. The van der Waals surface area contributed by atoms with Gasteiger partial charge in [0, 0.05) is 13.1 Å². The summed E-state index contributed by atoms with van der Waals surface area (Å²) in [4.78, 5) is 14.2. The van der Waals surface area contributed by atoms with Crippen LogP contribution < -0.4 is 5.73 Å². The summed E-state index contributed by atoms with van der Waals surface area (Å²) in [6, 6.07) is 0. The zero-order valence-corrected chi connectivity index (χ0v) is 17.3. The fourth-order valence-corrected chi connectivity index (χ4v) is 3.19. The van der Waals surface area contributed by atoms with Crippen LogP contribution >= 0.6 is 0 Å². The summed E-state index contributed by atoms with van der Waals surface area (Å²) in [7, 11) is 0. The summed E-state index contributed by atoms with van der Waals surface area (Å²) in [6.07, 6.45) is 19.4. The van der Waals surface area contributed by atoms with E-state index in [-0.39, 0.29) is 5.91 Å². The van der Waals surface area contributed by atoms with Gasteiger partial charge in [-0.1, -0.05) is 97.5 Å². The van der Waals surface area contributed by atoms with Crippen molar-refractivity contribution in [1.82, 2.24) is 4.90 Å². The highest BCUT2D eigenvalue weighted by Crippen LogP contribution is 2.14. The molecule has 1 amide bonds. The zero-order valence-electron chi connectivity index (χ0n) is 17.3. The fourth-order valence-electron chi connectivity index (χ4n) is 3.19. The molecule has 0 spiro atoms. The van der Waals surface area contributed by atoms with E-state index in [0.717, 1.165) is 44.5 Å². The summed E-state index contributed by atoms with van der Waals surface area (Å²) in [5, 5.41) is 0. The van der Waals surface area contributed by atoms with E-state index in [4.69, 9.17) is 5.73 Å². The average Bonchev–Trinajstić information content (AvgIpc) is 2.60. The Morgan fingerprint density at radius 3 is 1.56 bits per heavy atom. The van der Waals surface area contributed by atoms with Gasteiger partial charge in [-0.3, -0.25) is 4.79 Å². The Labute approximate surface area is 157 Å². The number of amides is 1. The Morgan fingerprint density at radius 2 is 1.16 bits per heavy atom. The number of carbonyl (C=O) groups is 1. The smallest absolute Gasteiger partial charge is 0.264 e.